The number of alkyl carbamates (subject to hydrolysis) is 1. The maximum Gasteiger partial charge on any atom is 0.407 e. The molecule has 3 fully saturated rings. The minimum atomic E-state index is -0.242. The zero-order chi connectivity index (χ0) is 23.8. The van der Waals surface area contributed by atoms with E-state index in [1.165, 1.54) is 57.8 Å². The van der Waals surface area contributed by atoms with E-state index in [0.717, 1.165) is 48.3 Å². The van der Waals surface area contributed by atoms with E-state index in [4.69, 9.17) is 4.74 Å². The van der Waals surface area contributed by atoms with Crippen molar-refractivity contribution in [3.05, 3.63) is 11.6 Å². The summed E-state index contributed by atoms with van der Waals surface area (Å²) in [4.78, 5) is 12.0. The summed E-state index contributed by atoms with van der Waals surface area (Å²) in [5.41, 5.74) is 2.48. The molecule has 4 aliphatic carbocycles. The van der Waals surface area contributed by atoms with Crippen LogP contribution in [0.4, 0.5) is 4.79 Å². The lowest BCUT2D eigenvalue weighted by molar-refractivity contribution is -0.0581. The Morgan fingerprint density at radius 3 is 2.61 bits per heavy atom. The van der Waals surface area contributed by atoms with Crippen molar-refractivity contribution in [2.45, 2.75) is 118 Å². The van der Waals surface area contributed by atoms with Crippen LogP contribution in [0, 0.1) is 46.3 Å². The lowest BCUT2D eigenvalue weighted by Gasteiger charge is -2.58. The molecule has 0 aromatic carbocycles. The van der Waals surface area contributed by atoms with E-state index in [1.807, 2.05) is 6.92 Å². The lowest BCUT2D eigenvalue weighted by atomic mass is 9.47. The van der Waals surface area contributed by atoms with Crippen LogP contribution in [0.1, 0.15) is 112 Å². The molecule has 4 aliphatic rings. The van der Waals surface area contributed by atoms with Crippen molar-refractivity contribution < 1.29 is 9.53 Å². The number of rotatable bonds is 7. The zero-order valence-corrected chi connectivity index (χ0v) is 22.4. The predicted octanol–water partition coefficient (Wildman–Crippen LogP) is 8.14. The highest BCUT2D eigenvalue weighted by molar-refractivity contribution is 5.67. The van der Waals surface area contributed by atoms with Crippen molar-refractivity contribution in [3.8, 4) is 0 Å². The second kappa shape index (κ2) is 9.94. The minimum absolute atomic E-state index is 0.0591. The maximum absolute atomic E-state index is 12.0. The number of nitrogens with one attached hydrogen (secondary N) is 1. The highest BCUT2D eigenvalue weighted by Gasteiger charge is 2.59. The summed E-state index contributed by atoms with van der Waals surface area (Å²) in [5, 5.41) is 2.80. The summed E-state index contributed by atoms with van der Waals surface area (Å²) in [6.45, 7) is 15.1. The largest absolute Gasteiger partial charge is 0.446 e. The highest BCUT2D eigenvalue weighted by Crippen LogP contribution is 2.67. The van der Waals surface area contributed by atoms with Gasteiger partial charge < -0.3 is 10.1 Å². The van der Waals surface area contributed by atoms with Crippen LogP contribution < -0.4 is 5.32 Å². The molecule has 1 N–H and O–H groups in total. The lowest BCUT2D eigenvalue weighted by Crippen LogP contribution is -2.51. The molecule has 188 valence electrons. The number of ether oxygens (including phenoxy) is 1. The molecule has 4 rings (SSSR count). The number of allylic oxidation sites excluding steroid dienone is 1. The number of carbonyl (C=O) groups excluding carboxylic acids is 1. The fourth-order valence-electron chi connectivity index (χ4n) is 9.09. The number of hydrogen-bond donors (Lipinski definition) is 1. The fraction of sp³-hybridized carbons (Fsp3) is 0.900. The molecule has 8 atom stereocenters. The van der Waals surface area contributed by atoms with Gasteiger partial charge in [0.25, 0.3) is 0 Å². The molecular weight excluding hydrogens is 406 g/mol. The first-order chi connectivity index (χ1) is 15.7. The van der Waals surface area contributed by atoms with Gasteiger partial charge in [0, 0.05) is 13.0 Å². The number of carbonyl (C=O) groups is 1. The average molecular weight is 458 g/mol. The molecule has 0 saturated heterocycles. The Kier molecular flexibility index (Phi) is 7.56. The summed E-state index contributed by atoms with van der Waals surface area (Å²) >= 11 is 0. The van der Waals surface area contributed by atoms with E-state index in [0.29, 0.717) is 17.4 Å². The Bertz CT molecular complexity index is 729. The van der Waals surface area contributed by atoms with Gasteiger partial charge in [-0.05, 0) is 98.2 Å². The second-order valence-electron chi connectivity index (χ2n) is 13.1. The van der Waals surface area contributed by atoms with E-state index in [9.17, 15) is 4.79 Å². The molecule has 0 aromatic rings. The Hall–Kier alpha value is -0.990. The second-order valence-corrected chi connectivity index (χ2v) is 13.1. The van der Waals surface area contributed by atoms with Crippen LogP contribution in [0.25, 0.3) is 0 Å². The number of amides is 1. The van der Waals surface area contributed by atoms with Crippen LogP contribution in [-0.2, 0) is 4.74 Å². The van der Waals surface area contributed by atoms with Crippen molar-refractivity contribution in [3.63, 3.8) is 0 Å². The topological polar surface area (TPSA) is 38.3 Å². The Balaban J connectivity index is 1.43. The standard InChI is InChI=1S/C30H51NO2/c1-7-31-28(32)33-23-15-17-29(5)22(19-23)11-12-24-26-14-13-25(21(4)10-8-9-20(2)3)30(26,6)18-16-27(24)29/h11,20-21,23-27H,7-10,12-19H2,1-6H3,(H,31,32)/t21-,23+,24?,25-,26?,27?,29+,30-/m1/s1. The molecule has 3 heteroatoms. The Labute approximate surface area is 203 Å². The summed E-state index contributed by atoms with van der Waals surface area (Å²) in [5.74, 6) is 5.25. The Morgan fingerprint density at radius 2 is 1.88 bits per heavy atom. The van der Waals surface area contributed by atoms with Crippen LogP contribution >= 0.6 is 0 Å². The van der Waals surface area contributed by atoms with Crippen LogP contribution in [0.3, 0.4) is 0 Å². The molecule has 0 heterocycles. The van der Waals surface area contributed by atoms with E-state index in [-0.39, 0.29) is 12.2 Å². The molecule has 0 radical (unpaired) electrons. The summed E-state index contributed by atoms with van der Waals surface area (Å²) < 4.78 is 5.74. The summed E-state index contributed by atoms with van der Waals surface area (Å²) in [7, 11) is 0. The van der Waals surface area contributed by atoms with Gasteiger partial charge in [0.1, 0.15) is 6.10 Å². The molecule has 3 nitrogen and oxygen atoms in total. The van der Waals surface area contributed by atoms with Crippen LogP contribution in [-0.4, -0.2) is 18.7 Å². The molecule has 3 saturated carbocycles. The van der Waals surface area contributed by atoms with Crippen molar-refractivity contribution in [2.75, 3.05) is 6.54 Å². The third kappa shape index (κ3) is 4.76. The fourth-order valence-corrected chi connectivity index (χ4v) is 9.09. The van der Waals surface area contributed by atoms with Gasteiger partial charge in [-0.3, -0.25) is 0 Å². The van der Waals surface area contributed by atoms with Crippen molar-refractivity contribution in [1.29, 1.82) is 0 Å². The molecular formula is C30H51NO2. The van der Waals surface area contributed by atoms with Gasteiger partial charge in [-0.15, -0.1) is 0 Å². The third-order valence-corrected chi connectivity index (χ3v) is 10.9. The van der Waals surface area contributed by atoms with Gasteiger partial charge >= 0.3 is 6.09 Å². The predicted molar refractivity (Wildman–Crippen MR) is 137 cm³/mol. The first-order valence-electron chi connectivity index (χ1n) is 14.3. The average Bonchev–Trinajstić information content (AvgIpc) is 3.11. The van der Waals surface area contributed by atoms with Gasteiger partial charge in [0.15, 0.2) is 0 Å². The zero-order valence-electron chi connectivity index (χ0n) is 22.4. The van der Waals surface area contributed by atoms with Gasteiger partial charge in [0.05, 0.1) is 0 Å². The van der Waals surface area contributed by atoms with E-state index in [1.54, 1.807) is 5.57 Å². The van der Waals surface area contributed by atoms with Crippen LogP contribution in [0.15, 0.2) is 11.6 Å². The quantitative estimate of drug-likeness (QED) is 0.392. The summed E-state index contributed by atoms with van der Waals surface area (Å²) in [6, 6.07) is 0. The SMILES string of the molecule is CCNC(=O)O[C@H]1CC[C@@]2(C)C(=CCC3C2CC[C@@]2(C)C3CC[C@@H]2[C@H](C)CCCC(C)C)C1. The highest BCUT2D eigenvalue weighted by atomic mass is 16.6. The van der Waals surface area contributed by atoms with Crippen molar-refractivity contribution >= 4 is 6.09 Å². The molecule has 3 unspecified atom stereocenters. The third-order valence-electron chi connectivity index (χ3n) is 10.9. The molecule has 1 amide bonds. The monoisotopic (exact) mass is 457 g/mol. The Morgan fingerprint density at radius 1 is 1.09 bits per heavy atom. The smallest absolute Gasteiger partial charge is 0.407 e. The molecule has 0 bridgehead atoms. The first-order valence-corrected chi connectivity index (χ1v) is 14.3. The number of fused-ring (bicyclic) bond motifs is 5. The molecule has 33 heavy (non-hydrogen) atoms. The van der Waals surface area contributed by atoms with Crippen molar-refractivity contribution in [1.82, 2.24) is 5.32 Å². The van der Waals surface area contributed by atoms with Crippen LogP contribution in [0.2, 0.25) is 0 Å². The molecule has 0 aromatic heterocycles. The van der Waals surface area contributed by atoms with E-state index >= 15 is 0 Å². The normalized spacial score (nSPS) is 40.9. The summed E-state index contributed by atoms with van der Waals surface area (Å²) in [6.07, 6.45) is 16.8. The van der Waals surface area contributed by atoms with E-state index in [2.05, 4.69) is 46.0 Å². The van der Waals surface area contributed by atoms with Gasteiger partial charge in [0.2, 0.25) is 0 Å². The maximum atomic E-state index is 12.0. The first kappa shape index (κ1) is 25.1. The van der Waals surface area contributed by atoms with Gasteiger partial charge in [-0.1, -0.05) is 65.5 Å². The number of hydrogen-bond acceptors (Lipinski definition) is 2. The minimum Gasteiger partial charge on any atom is -0.446 e. The molecule has 0 aliphatic heterocycles. The van der Waals surface area contributed by atoms with Crippen LogP contribution in [0.5, 0.6) is 0 Å². The van der Waals surface area contributed by atoms with E-state index < -0.39 is 0 Å². The molecule has 0 spiro atoms. The van der Waals surface area contributed by atoms with Crippen molar-refractivity contribution in [2.24, 2.45) is 46.3 Å². The van der Waals surface area contributed by atoms with Gasteiger partial charge in [-0.2, -0.15) is 0 Å². The van der Waals surface area contributed by atoms with Gasteiger partial charge in [-0.25, -0.2) is 4.79 Å².